The summed E-state index contributed by atoms with van der Waals surface area (Å²) >= 11 is 0. The number of non-ortho nitro benzene ring substituents is 1. The van der Waals surface area contributed by atoms with Crippen molar-refractivity contribution < 1.29 is 19.2 Å². The van der Waals surface area contributed by atoms with E-state index in [-0.39, 0.29) is 12.3 Å². The molecular formula is C17H16N4O5. The standard InChI is InChI=1S/C17H16N4O5/c1-2-26-17(23)19-20-15(11-6-5-7-12(10-11)21(24)25)18-14-9-4-3-8-13(14)16(20)22/h3-10,15,18H,2H2,1H3,(H,19,23). The van der Waals surface area contributed by atoms with Gasteiger partial charge in [0.2, 0.25) is 0 Å². The largest absolute Gasteiger partial charge is 0.449 e. The minimum atomic E-state index is -0.832. The molecule has 1 heterocycles. The van der Waals surface area contributed by atoms with Gasteiger partial charge in [0, 0.05) is 23.4 Å². The van der Waals surface area contributed by atoms with Gasteiger partial charge in [0.1, 0.15) is 6.17 Å². The van der Waals surface area contributed by atoms with Crippen molar-refractivity contribution in [2.45, 2.75) is 13.1 Å². The first-order chi connectivity index (χ1) is 12.5. The van der Waals surface area contributed by atoms with Gasteiger partial charge in [-0.2, -0.15) is 0 Å². The molecule has 0 saturated carbocycles. The Kier molecular flexibility index (Phi) is 4.70. The van der Waals surface area contributed by atoms with Gasteiger partial charge in [-0.3, -0.25) is 14.9 Å². The second-order valence-corrected chi connectivity index (χ2v) is 5.45. The lowest BCUT2D eigenvalue weighted by molar-refractivity contribution is -0.384. The number of benzene rings is 2. The molecule has 0 aliphatic carbocycles. The molecule has 2 aromatic carbocycles. The molecular weight excluding hydrogens is 340 g/mol. The Morgan fingerprint density at radius 1 is 1.31 bits per heavy atom. The van der Waals surface area contributed by atoms with E-state index in [4.69, 9.17) is 4.74 Å². The molecule has 9 heteroatoms. The Hall–Kier alpha value is -3.62. The number of hydrazine groups is 1. The molecule has 0 saturated heterocycles. The molecule has 1 aliphatic rings. The molecule has 1 unspecified atom stereocenters. The van der Waals surface area contributed by atoms with Crippen LogP contribution < -0.4 is 10.7 Å². The Bertz CT molecular complexity index is 870. The maximum Gasteiger partial charge on any atom is 0.426 e. The van der Waals surface area contributed by atoms with E-state index in [1.54, 1.807) is 37.3 Å². The first-order valence-corrected chi connectivity index (χ1v) is 7.88. The third-order valence-corrected chi connectivity index (χ3v) is 3.81. The number of amides is 2. The maximum absolute atomic E-state index is 12.8. The van der Waals surface area contributed by atoms with Gasteiger partial charge in [-0.1, -0.05) is 24.3 Å². The molecule has 0 spiro atoms. The number of rotatable bonds is 4. The van der Waals surface area contributed by atoms with Crippen LogP contribution in [0.3, 0.4) is 0 Å². The lowest BCUT2D eigenvalue weighted by Crippen LogP contribution is -2.53. The van der Waals surface area contributed by atoms with E-state index in [1.165, 1.54) is 18.2 Å². The smallest absolute Gasteiger partial charge is 0.426 e. The highest BCUT2D eigenvalue weighted by Gasteiger charge is 2.35. The minimum absolute atomic E-state index is 0.119. The number of ether oxygens (including phenoxy) is 1. The summed E-state index contributed by atoms with van der Waals surface area (Å²) in [5, 5.41) is 15.2. The van der Waals surface area contributed by atoms with Gasteiger partial charge in [-0.05, 0) is 19.1 Å². The zero-order valence-electron chi connectivity index (χ0n) is 13.8. The second kappa shape index (κ2) is 7.09. The molecule has 134 valence electrons. The zero-order valence-corrected chi connectivity index (χ0v) is 13.8. The van der Waals surface area contributed by atoms with E-state index in [2.05, 4.69) is 10.7 Å². The molecule has 26 heavy (non-hydrogen) atoms. The van der Waals surface area contributed by atoms with Gasteiger partial charge in [0.15, 0.2) is 0 Å². The van der Waals surface area contributed by atoms with Crippen LogP contribution in [0.4, 0.5) is 16.2 Å². The molecule has 3 rings (SSSR count). The van der Waals surface area contributed by atoms with E-state index in [9.17, 15) is 19.7 Å². The highest BCUT2D eigenvalue weighted by Crippen LogP contribution is 2.32. The molecule has 1 atom stereocenters. The molecule has 2 N–H and O–H groups in total. The van der Waals surface area contributed by atoms with Crippen LogP contribution in [0.1, 0.15) is 29.0 Å². The summed E-state index contributed by atoms with van der Waals surface area (Å²) in [7, 11) is 0. The van der Waals surface area contributed by atoms with Crippen LogP contribution in [-0.2, 0) is 4.74 Å². The number of carbonyl (C=O) groups is 2. The molecule has 2 amide bonds. The van der Waals surface area contributed by atoms with Gasteiger partial charge in [0.05, 0.1) is 17.1 Å². The number of nitrogens with zero attached hydrogens (tertiary/aromatic N) is 2. The van der Waals surface area contributed by atoms with Crippen LogP contribution in [-0.4, -0.2) is 28.5 Å². The van der Waals surface area contributed by atoms with Crippen LogP contribution in [0.2, 0.25) is 0 Å². The average molecular weight is 356 g/mol. The van der Waals surface area contributed by atoms with Crippen molar-refractivity contribution in [3.05, 3.63) is 69.8 Å². The fraction of sp³-hybridized carbons (Fsp3) is 0.176. The maximum atomic E-state index is 12.8. The third kappa shape index (κ3) is 3.27. The molecule has 0 bridgehead atoms. The number of hydrogen-bond acceptors (Lipinski definition) is 6. The fourth-order valence-electron chi connectivity index (χ4n) is 2.67. The highest BCUT2D eigenvalue weighted by atomic mass is 16.6. The Balaban J connectivity index is 2.02. The summed E-state index contributed by atoms with van der Waals surface area (Å²) in [6.45, 7) is 1.78. The van der Waals surface area contributed by atoms with Crippen molar-refractivity contribution in [1.82, 2.24) is 10.4 Å². The lowest BCUT2D eigenvalue weighted by atomic mass is 10.0. The molecule has 0 fully saturated rings. The molecule has 1 aliphatic heterocycles. The van der Waals surface area contributed by atoms with Crippen molar-refractivity contribution in [2.24, 2.45) is 0 Å². The van der Waals surface area contributed by atoms with Crippen LogP contribution in [0, 0.1) is 10.1 Å². The molecule has 9 nitrogen and oxygen atoms in total. The summed E-state index contributed by atoms with van der Waals surface area (Å²) < 4.78 is 4.85. The Morgan fingerprint density at radius 2 is 2.08 bits per heavy atom. The number of hydrogen-bond donors (Lipinski definition) is 2. The summed E-state index contributed by atoms with van der Waals surface area (Å²) in [4.78, 5) is 35.2. The van der Waals surface area contributed by atoms with E-state index in [1.807, 2.05) is 0 Å². The van der Waals surface area contributed by atoms with E-state index < -0.39 is 23.1 Å². The number of nitro benzene ring substituents is 1. The van der Waals surface area contributed by atoms with Crippen LogP contribution >= 0.6 is 0 Å². The number of nitro groups is 1. The summed E-state index contributed by atoms with van der Waals surface area (Å²) in [5.41, 5.74) is 3.65. The SMILES string of the molecule is CCOC(=O)NN1C(=O)c2ccccc2NC1c1cccc([N+](=O)[O-])c1. The van der Waals surface area contributed by atoms with Gasteiger partial charge >= 0.3 is 6.09 Å². The number of anilines is 1. The molecule has 0 radical (unpaired) electrons. The van der Waals surface area contributed by atoms with Crippen LogP contribution in [0.15, 0.2) is 48.5 Å². The van der Waals surface area contributed by atoms with Crippen molar-refractivity contribution >= 4 is 23.4 Å². The van der Waals surface area contributed by atoms with Crippen molar-refractivity contribution in [1.29, 1.82) is 0 Å². The second-order valence-electron chi connectivity index (χ2n) is 5.45. The van der Waals surface area contributed by atoms with Crippen molar-refractivity contribution in [3.8, 4) is 0 Å². The van der Waals surface area contributed by atoms with Crippen LogP contribution in [0.5, 0.6) is 0 Å². The normalized spacial score (nSPS) is 15.7. The fourth-order valence-corrected chi connectivity index (χ4v) is 2.67. The minimum Gasteiger partial charge on any atom is -0.449 e. The Labute approximate surface area is 148 Å². The van der Waals surface area contributed by atoms with E-state index in [0.717, 1.165) is 5.01 Å². The highest BCUT2D eigenvalue weighted by molar-refractivity contribution is 6.02. The Morgan fingerprint density at radius 3 is 2.81 bits per heavy atom. The van der Waals surface area contributed by atoms with Crippen molar-refractivity contribution in [3.63, 3.8) is 0 Å². The quantitative estimate of drug-likeness (QED) is 0.643. The average Bonchev–Trinajstić information content (AvgIpc) is 2.64. The lowest BCUT2D eigenvalue weighted by Gasteiger charge is -2.37. The summed E-state index contributed by atoms with van der Waals surface area (Å²) in [6.07, 6.45) is -1.63. The number of fused-ring (bicyclic) bond motifs is 1. The monoisotopic (exact) mass is 356 g/mol. The first-order valence-electron chi connectivity index (χ1n) is 7.88. The molecule has 0 aromatic heterocycles. The van der Waals surface area contributed by atoms with Gasteiger partial charge in [-0.25, -0.2) is 15.2 Å². The van der Waals surface area contributed by atoms with Gasteiger partial charge in [-0.15, -0.1) is 0 Å². The number of para-hydroxylation sites is 1. The van der Waals surface area contributed by atoms with Crippen molar-refractivity contribution in [2.75, 3.05) is 11.9 Å². The topological polar surface area (TPSA) is 114 Å². The summed E-state index contributed by atoms with van der Waals surface area (Å²) in [6, 6.07) is 12.7. The predicted octanol–water partition coefficient (Wildman–Crippen LogP) is 2.82. The predicted molar refractivity (Wildman–Crippen MR) is 92.2 cm³/mol. The van der Waals surface area contributed by atoms with E-state index >= 15 is 0 Å². The summed E-state index contributed by atoms with van der Waals surface area (Å²) in [5.74, 6) is -0.455. The zero-order chi connectivity index (χ0) is 18.7. The van der Waals surface area contributed by atoms with Gasteiger partial charge < -0.3 is 10.1 Å². The number of carbonyl (C=O) groups excluding carboxylic acids is 2. The third-order valence-electron chi connectivity index (χ3n) is 3.81. The van der Waals surface area contributed by atoms with Gasteiger partial charge in [0.25, 0.3) is 11.6 Å². The first kappa shape index (κ1) is 17.2. The number of nitrogens with one attached hydrogen (secondary N) is 2. The van der Waals surface area contributed by atoms with E-state index in [0.29, 0.717) is 16.8 Å². The van der Waals surface area contributed by atoms with Crippen LogP contribution in [0.25, 0.3) is 0 Å². The molecule has 2 aromatic rings.